The number of benzene rings is 1. The topological polar surface area (TPSA) is 71.8 Å². The van der Waals surface area contributed by atoms with E-state index in [2.05, 4.69) is 10.2 Å². The van der Waals surface area contributed by atoms with Gasteiger partial charge in [0.15, 0.2) is 0 Å². The fourth-order valence-electron chi connectivity index (χ4n) is 1.46. The van der Waals surface area contributed by atoms with E-state index in [0.717, 1.165) is 22.5 Å². The SMILES string of the molecule is Cc1cc(=O)[nH]nc1C=Cc1ccc(N)cc1. The number of H-pyrrole nitrogens is 1. The van der Waals surface area contributed by atoms with Crippen LogP contribution in [0.1, 0.15) is 16.8 Å². The second-order valence-electron chi connectivity index (χ2n) is 3.80. The molecule has 0 aliphatic rings. The van der Waals surface area contributed by atoms with Gasteiger partial charge in [0.05, 0.1) is 5.69 Å². The van der Waals surface area contributed by atoms with E-state index in [1.807, 2.05) is 43.3 Å². The van der Waals surface area contributed by atoms with E-state index in [-0.39, 0.29) is 5.56 Å². The van der Waals surface area contributed by atoms with Gasteiger partial charge in [-0.15, -0.1) is 0 Å². The molecule has 1 aromatic carbocycles. The molecule has 1 aromatic heterocycles. The van der Waals surface area contributed by atoms with Gasteiger partial charge in [-0.1, -0.05) is 18.2 Å². The van der Waals surface area contributed by atoms with Crippen LogP contribution in [0.5, 0.6) is 0 Å². The quantitative estimate of drug-likeness (QED) is 0.769. The van der Waals surface area contributed by atoms with Crippen LogP contribution in [0.25, 0.3) is 12.2 Å². The summed E-state index contributed by atoms with van der Waals surface area (Å²) < 4.78 is 0. The Bertz CT molecular complexity index is 597. The number of nitrogens with one attached hydrogen (secondary N) is 1. The predicted molar refractivity (Wildman–Crippen MR) is 69.4 cm³/mol. The highest BCUT2D eigenvalue weighted by Gasteiger charge is 1.96. The molecule has 2 aromatic rings. The zero-order chi connectivity index (χ0) is 12.3. The van der Waals surface area contributed by atoms with Crippen molar-refractivity contribution in [1.29, 1.82) is 0 Å². The molecule has 4 nitrogen and oxygen atoms in total. The average Bonchev–Trinajstić information content (AvgIpc) is 2.30. The highest BCUT2D eigenvalue weighted by atomic mass is 16.1. The van der Waals surface area contributed by atoms with Crippen molar-refractivity contribution in [3.63, 3.8) is 0 Å². The van der Waals surface area contributed by atoms with Gasteiger partial charge in [-0.3, -0.25) is 4.79 Å². The van der Waals surface area contributed by atoms with Gasteiger partial charge in [0, 0.05) is 11.8 Å². The van der Waals surface area contributed by atoms with Crippen molar-refractivity contribution in [2.24, 2.45) is 0 Å². The van der Waals surface area contributed by atoms with E-state index in [4.69, 9.17) is 5.73 Å². The van der Waals surface area contributed by atoms with Crippen molar-refractivity contribution in [2.45, 2.75) is 6.92 Å². The number of anilines is 1. The second kappa shape index (κ2) is 4.65. The zero-order valence-corrected chi connectivity index (χ0v) is 9.47. The fourth-order valence-corrected chi connectivity index (χ4v) is 1.46. The summed E-state index contributed by atoms with van der Waals surface area (Å²) >= 11 is 0. The third-order valence-electron chi connectivity index (χ3n) is 2.41. The molecule has 17 heavy (non-hydrogen) atoms. The van der Waals surface area contributed by atoms with Crippen molar-refractivity contribution in [3.05, 3.63) is 57.5 Å². The second-order valence-corrected chi connectivity index (χ2v) is 3.80. The van der Waals surface area contributed by atoms with Crippen molar-refractivity contribution < 1.29 is 0 Å². The van der Waals surface area contributed by atoms with Gasteiger partial charge < -0.3 is 5.73 Å². The molecule has 0 saturated heterocycles. The smallest absolute Gasteiger partial charge is 0.264 e. The van der Waals surface area contributed by atoms with Crippen LogP contribution in [0.15, 0.2) is 35.1 Å². The van der Waals surface area contributed by atoms with E-state index in [1.165, 1.54) is 6.07 Å². The summed E-state index contributed by atoms with van der Waals surface area (Å²) in [6, 6.07) is 9.05. The molecule has 0 atom stereocenters. The Kier molecular flexibility index (Phi) is 3.05. The lowest BCUT2D eigenvalue weighted by molar-refractivity contribution is 0.961. The lowest BCUT2D eigenvalue weighted by Crippen LogP contribution is -2.08. The van der Waals surface area contributed by atoms with Crippen molar-refractivity contribution in [2.75, 3.05) is 5.73 Å². The third-order valence-corrected chi connectivity index (χ3v) is 2.41. The molecule has 0 aliphatic carbocycles. The number of nitrogens with two attached hydrogens (primary N) is 1. The van der Waals surface area contributed by atoms with E-state index in [1.54, 1.807) is 0 Å². The van der Waals surface area contributed by atoms with Gasteiger partial charge in [-0.05, 0) is 36.3 Å². The van der Waals surface area contributed by atoms with Crippen LogP contribution in [0.4, 0.5) is 5.69 Å². The number of nitrogens with zero attached hydrogens (tertiary/aromatic N) is 1. The molecule has 0 spiro atoms. The Morgan fingerprint density at radius 2 is 1.94 bits per heavy atom. The Balaban J connectivity index is 2.26. The summed E-state index contributed by atoms with van der Waals surface area (Å²) in [5.41, 5.74) is 8.78. The van der Waals surface area contributed by atoms with Gasteiger partial charge in [-0.25, -0.2) is 5.10 Å². The molecule has 0 radical (unpaired) electrons. The Labute approximate surface area is 98.8 Å². The van der Waals surface area contributed by atoms with Gasteiger partial charge in [0.2, 0.25) is 0 Å². The highest BCUT2D eigenvalue weighted by Crippen LogP contribution is 2.10. The van der Waals surface area contributed by atoms with Crippen LogP contribution in [0.3, 0.4) is 0 Å². The molecule has 3 N–H and O–H groups in total. The first-order valence-electron chi connectivity index (χ1n) is 5.25. The summed E-state index contributed by atoms with van der Waals surface area (Å²) in [7, 11) is 0. The van der Waals surface area contributed by atoms with Crippen molar-refractivity contribution >= 4 is 17.8 Å². The average molecular weight is 227 g/mol. The number of nitrogen functional groups attached to an aromatic ring is 1. The van der Waals surface area contributed by atoms with E-state index < -0.39 is 0 Å². The molecule has 2 rings (SSSR count). The molecule has 1 heterocycles. The van der Waals surface area contributed by atoms with Crippen LogP contribution in [-0.4, -0.2) is 10.2 Å². The van der Waals surface area contributed by atoms with E-state index in [0.29, 0.717) is 0 Å². The van der Waals surface area contributed by atoms with Crippen molar-refractivity contribution in [1.82, 2.24) is 10.2 Å². The lowest BCUT2D eigenvalue weighted by atomic mass is 10.1. The third kappa shape index (κ3) is 2.81. The molecule has 0 amide bonds. The zero-order valence-electron chi connectivity index (χ0n) is 9.47. The Morgan fingerprint density at radius 1 is 1.24 bits per heavy atom. The van der Waals surface area contributed by atoms with Crippen LogP contribution in [-0.2, 0) is 0 Å². The largest absolute Gasteiger partial charge is 0.399 e. The van der Waals surface area contributed by atoms with Crippen LogP contribution in [0.2, 0.25) is 0 Å². The molecule has 0 unspecified atom stereocenters. The summed E-state index contributed by atoms with van der Waals surface area (Å²) in [4.78, 5) is 11.0. The highest BCUT2D eigenvalue weighted by molar-refractivity contribution is 5.69. The molecule has 0 bridgehead atoms. The minimum atomic E-state index is -0.188. The van der Waals surface area contributed by atoms with Crippen molar-refractivity contribution in [3.8, 4) is 0 Å². The predicted octanol–water partition coefficient (Wildman–Crippen LogP) is 1.83. The molecule has 86 valence electrons. The number of hydrogen-bond acceptors (Lipinski definition) is 3. The first-order valence-corrected chi connectivity index (χ1v) is 5.25. The molecule has 0 fully saturated rings. The van der Waals surface area contributed by atoms with Crippen LogP contribution in [0, 0.1) is 6.92 Å². The molecular weight excluding hydrogens is 214 g/mol. The normalized spacial score (nSPS) is 10.9. The number of aromatic nitrogens is 2. The Hall–Kier alpha value is -2.36. The van der Waals surface area contributed by atoms with Gasteiger partial charge >= 0.3 is 0 Å². The molecule has 0 saturated carbocycles. The number of aryl methyl sites for hydroxylation is 1. The summed E-state index contributed by atoms with van der Waals surface area (Å²) in [6.07, 6.45) is 3.78. The minimum absolute atomic E-state index is 0.188. The molecular formula is C13H13N3O. The van der Waals surface area contributed by atoms with Gasteiger partial charge in [0.25, 0.3) is 5.56 Å². The van der Waals surface area contributed by atoms with Crippen LogP contribution < -0.4 is 11.3 Å². The maximum absolute atomic E-state index is 11.0. The number of rotatable bonds is 2. The van der Waals surface area contributed by atoms with Gasteiger partial charge in [-0.2, -0.15) is 5.10 Å². The maximum atomic E-state index is 11.0. The fraction of sp³-hybridized carbons (Fsp3) is 0.0769. The summed E-state index contributed by atoms with van der Waals surface area (Å²) in [5, 5.41) is 6.37. The standard InChI is InChI=1S/C13H13N3O/c1-9-8-13(17)16-15-12(9)7-4-10-2-5-11(14)6-3-10/h2-8H,14H2,1H3,(H,16,17). The first-order chi connectivity index (χ1) is 8.15. The van der Waals surface area contributed by atoms with E-state index in [9.17, 15) is 4.79 Å². The van der Waals surface area contributed by atoms with Gasteiger partial charge in [0.1, 0.15) is 0 Å². The number of hydrogen-bond donors (Lipinski definition) is 2. The maximum Gasteiger partial charge on any atom is 0.264 e. The van der Waals surface area contributed by atoms with Crippen LogP contribution >= 0.6 is 0 Å². The summed E-state index contributed by atoms with van der Waals surface area (Å²) in [5.74, 6) is 0. The number of aromatic amines is 1. The lowest BCUT2D eigenvalue weighted by Gasteiger charge is -1.97. The Morgan fingerprint density at radius 3 is 2.59 bits per heavy atom. The molecule has 4 heteroatoms. The monoisotopic (exact) mass is 227 g/mol. The van der Waals surface area contributed by atoms with E-state index >= 15 is 0 Å². The molecule has 0 aliphatic heterocycles. The summed E-state index contributed by atoms with van der Waals surface area (Å²) in [6.45, 7) is 1.85. The minimum Gasteiger partial charge on any atom is -0.399 e. The first kappa shape index (κ1) is 11.1.